The third-order valence-electron chi connectivity index (χ3n) is 2.14. The molecule has 1 N–H and O–H groups in total. The van der Waals surface area contributed by atoms with E-state index >= 15 is 0 Å². The Morgan fingerprint density at radius 1 is 1.07 bits per heavy atom. The number of ketones is 3. The van der Waals surface area contributed by atoms with Crippen LogP contribution in [0.25, 0.3) is 0 Å². The summed E-state index contributed by atoms with van der Waals surface area (Å²) in [6, 6.07) is 4.12. The average Bonchev–Trinajstić information content (AvgIpc) is 2.14. The van der Waals surface area contributed by atoms with E-state index < -0.39 is 23.8 Å². The second-order valence-electron chi connectivity index (χ2n) is 3.05. The van der Waals surface area contributed by atoms with Gasteiger partial charge in [0.2, 0.25) is 11.6 Å². The molecule has 4 nitrogen and oxygen atoms in total. The van der Waals surface area contributed by atoms with Crippen LogP contribution in [0.2, 0.25) is 0 Å². The van der Waals surface area contributed by atoms with E-state index in [0.29, 0.717) is 0 Å². The van der Waals surface area contributed by atoms with Crippen LogP contribution < -0.4 is 0 Å². The zero-order chi connectivity index (χ0) is 10.3. The molecule has 0 spiro atoms. The minimum atomic E-state index is -0.715. The van der Waals surface area contributed by atoms with Gasteiger partial charge in [0.15, 0.2) is 5.78 Å². The zero-order valence-electron chi connectivity index (χ0n) is 7.11. The van der Waals surface area contributed by atoms with Crippen LogP contribution in [0.1, 0.15) is 27.1 Å². The molecular formula is C10H6O4. The maximum absolute atomic E-state index is 11.3. The average molecular weight is 190 g/mol. The van der Waals surface area contributed by atoms with E-state index in [0.717, 1.165) is 0 Å². The van der Waals surface area contributed by atoms with Crippen LogP contribution in [-0.4, -0.2) is 22.5 Å². The van der Waals surface area contributed by atoms with Crippen molar-refractivity contribution in [2.75, 3.05) is 0 Å². The largest absolute Gasteiger partial charge is 0.507 e. The number of hydrogen-bond donors (Lipinski definition) is 1. The van der Waals surface area contributed by atoms with Crippen LogP contribution >= 0.6 is 0 Å². The van der Waals surface area contributed by atoms with E-state index in [1.165, 1.54) is 18.2 Å². The van der Waals surface area contributed by atoms with E-state index in [1.54, 1.807) is 0 Å². The van der Waals surface area contributed by atoms with Crippen LogP contribution in [0.4, 0.5) is 0 Å². The van der Waals surface area contributed by atoms with Gasteiger partial charge in [0.05, 0.1) is 12.0 Å². The Morgan fingerprint density at radius 3 is 2.50 bits per heavy atom. The molecule has 2 rings (SSSR count). The van der Waals surface area contributed by atoms with Gasteiger partial charge in [-0.1, -0.05) is 6.07 Å². The van der Waals surface area contributed by atoms with E-state index in [9.17, 15) is 19.5 Å². The third-order valence-corrected chi connectivity index (χ3v) is 2.14. The van der Waals surface area contributed by atoms with Gasteiger partial charge in [0.25, 0.3) is 0 Å². The number of Topliss-reactive ketones (excluding diaryl/α,β-unsaturated/α-hetero) is 3. The molecule has 1 aromatic carbocycles. The summed E-state index contributed by atoms with van der Waals surface area (Å²) in [7, 11) is 0. The molecule has 0 saturated heterocycles. The molecule has 70 valence electrons. The third kappa shape index (κ3) is 1.04. The smallest absolute Gasteiger partial charge is 0.229 e. The lowest BCUT2D eigenvalue weighted by Gasteiger charge is -2.12. The first-order chi connectivity index (χ1) is 6.61. The van der Waals surface area contributed by atoms with Crippen molar-refractivity contribution in [3.05, 3.63) is 29.3 Å². The first kappa shape index (κ1) is 8.62. The molecule has 0 radical (unpaired) electrons. The van der Waals surface area contributed by atoms with Crippen LogP contribution in [-0.2, 0) is 4.79 Å². The van der Waals surface area contributed by atoms with Crippen LogP contribution in [0.5, 0.6) is 5.75 Å². The van der Waals surface area contributed by atoms with Gasteiger partial charge in [-0.05, 0) is 12.1 Å². The molecule has 0 atom stereocenters. The SMILES string of the molecule is O=C1CC(=O)c2c(O)cccc2C1=O. The summed E-state index contributed by atoms with van der Waals surface area (Å²) in [6.45, 7) is 0. The fourth-order valence-corrected chi connectivity index (χ4v) is 1.49. The number of phenolic OH excluding ortho intramolecular Hbond substituents is 1. The summed E-state index contributed by atoms with van der Waals surface area (Å²) >= 11 is 0. The zero-order valence-corrected chi connectivity index (χ0v) is 7.11. The first-order valence-corrected chi connectivity index (χ1v) is 4.04. The number of carbonyl (C=O) groups is 3. The summed E-state index contributed by atoms with van der Waals surface area (Å²) in [4.78, 5) is 33.7. The predicted octanol–water partition coefficient (Wildman–Crippen LogP) is 0.730. The highest BCUT2D eigenvalue weighted by atomic mass is 16.3. The molecule has 0 saturated carbocycles. The van der Waals surface area contributed by atoms with Crippen molar-refractivity contribution < 1.29 is 19.5 Å². The lowest BCUT2D eigenvalue weighted by Crippen LogP contribution is -2.26. The minimum absolute atomic E-state index is 0.00579. The predicted molar refractivity (Wildman–Crippen MR) is 46.4 cm³/mol. The minimum Gasteiger partial charge on any atom is -0.507 e. The molecule has 0 amide bonds. The Bertz CT molecular complexity index is 459. The number of aromatic hydroxyl groups is 1. The first-order valence-electron chi connectivity index (χ1n) is 4.04. The van der Waals surface area contributed by atoms with E-state index in [2.05, 4.69) is 0 Å². The molecule has 1 aromatic rings. The quantitative estimate of drug-likeness (QED) is 0.483. The van der Waals surface area contributed by atoms with Gasteiger partial charge in [-0.3, -0.25) is 14.4 Å². The Hall–Kier alpha value is -1.97. The van der Waals surface area contributed by atoms with Gasteiger partial charge in [0, 0.05) is 5.56 Å². The molecule has 14 heavy (non-hydrogen) atoms. The second kappa shape index (κ2) is 2.77. The van der Waals surface area contributed by atoms with E-state index in [4.69, 9.17) is 0 Å². The summed E-state index contributed by atoms with van der Waals surface area (Å²) in [5.74, 6) is -2.15. The molecule has 0 aliphatic heterocycles. The van der Waals surface area contributed by atoms with Gasteiger partial charge in [-0.15, -0.1) is 0 Å². The summed E-state index contributed by atoms with van der Waals surface area (Å²) in [6.07, 6.45) is -0.441. The van der Waals surface area contributed by atoms with Crippen molar-refractivity contribution >= 4 is 17.3 Å². The lowest BCUT2D eigenvalue weighted by molar-refractivity contribution is -0.114. The number of carbonyl (C=O) groups excluding carboxylic acids is 3. The Labute approximate surface area is 79.2 Å². The van der Waals surface area contributed by atoms with Gasteiger partial charge in [-0.25, -0.2) is 0 Å². The van der Waals surface area contributed by atoms with Crippen molar-refractivity contribution in [2.45, 2.75) is 6.42 Å². The molecule has 0 heterocycles. The molecule has 1 aliphatic carbocycles. The maximum atomic E-state index is 11.3. The second-order valence-corrected chi connectivity index (χ2v) is 3.05. The summed E-state index contributed by atoms with van der Waals surface area (Å²) < 4.78 is 0. The molecular weight excluding hydrogens is 184 g/mol. The van der Waals surface area contributed by atoms with Gasteiger partial charge in [0.1, 0.15) is 5.75 Å². The fraction of sp³-hybridized carbons (Fsp3) is 0.100. The molecule has 4 heteroatoms. The van der Waals surface area contributed by atoms with Gasteiger partial charge >= 0.3 is 0 Å². The Morgan fingerprint density at radius 2 is 1.79 bits per heavy atom. The number of hydrogen-bond acceptors (Lipinski definition) is 4. The normalized spacial score (nSPS) is 15.6. The molecule has 0 fully saturated rings. The van der Waals surface area contributed by atoms with E-state index in [1.807, 2.05) is 0 Å². The van der Waals surface area contributed by atoms with E-state index in [-0.39, 0.29) is 16.9 Å². The van der Waals surface area contributed by atoms with Crippen LogP contribution in [0.3, 0.4) is 0 Å². The summed E-state index contributed by atoms with van der Waals surface area (Å²) in [5.41, 5.74) is -0.0247. The molecule has 0 bridgehead atoms. The van der Waals surface area contributed by atoms with Crippen molar-refractivity contribution in [1.29, 1.82) is 0 Å². The van der Waals surface area contributed by atoms with Crippen molar-refractivity contribution in [1.82, 2.24) is 0 Å². The fourth-order valence-electron chi connectivity index (χ4n) is 1.49. The highest BCUT2D eigenvalue weighted by Crippen LogP contribution is 2.26. The van der Waals surface area contributed by atoms with Crippen molar-refractivity contribution in [2.24, 2.45) is 0 Å². The van der Waals surface area contributed by atoms with Crippen LogP contribution in [0.15, 0.2) is 18.2 Å². The lowest BCUT2D eigenvalue weighted by atomic mass is 9.88. The van der Waals surface area contributed by atoms with Crippen LogP contribution in [0, 0.1) is 0 Å². The number of fused-ring (bicyclic) bond motifs is 1. The van der Waals surface area contributed by atoms with Crippen molar-refractivity contribution in [3.8, 4) is 5.75 Å². The highest BCUT2D eigenvalue weighted by Gasteiger charge is 2.32. The topological polar surface area (TPSA) is 71.4 Å². The Balaban J connectivity index is 2.73. The van der Waals surface area contributed by atoms with Crippen molar-refractivity contribution in [3.63, 3.8) is 0 Å². The molecule has 0 aromatic heterocycles. The standard InChI is InChI=1S/C10H6O4/c11-6-3-1-2-5-9(6)7(12)4-8(13)10(5)14/h1-3,11H,4H2. The van der Waals surface area contributed by atoms with Gasteiger partial charge in [-0.2, -0.15) is 0 Å². The number of phenols is 1. The Kier molecular flexibility index (Phi) is 1.70. The number of rotatable bonds is 0. The maximum Gasteiger partial charge on any atom is 0.229 e. The highest BCUT2D eigenvalue weighted by molar-refractivity contribution is 6.51. The monoisotopic (exact) mass is 190 g/mol. The van der Waals surface area contributed by atoms with Gasteiger partial charge < -0.3 is 5.11 Å². The summed E-state index contributed by atoms with van der Waals surface area (Å²) in [5, 5.41) is 9.35. The molecule has 1 aliphatic rings. The number of benzene rings is 1. The molecule has 0 unspecified atom stereocenters.